The second-order valence-corrected chi connectivity index (χ2v) is 7.26. The molecule has 2 saturated heterocycles. The average Bonchev–Trinajstić information content (AvgIpc) is 3.10. The molecule has 7 nitrogen and oxygen atoms in total. The van der Waals surface area contributed by atoms with Gasteiger partial charge >= 0.3 is 0 Å². The van der Waals surface area contributed by atoms with E-state index in [0.29, 0.717) is 44.1 Å². The van der Waals surface area contributed by atoms with Crippen LogP contribution >= 0.6 is 0 Å². The minimum Gasteiger partial charge on any atom is -0.493 e. The molecule has 1 aromatic carbocycles. The second kappa shape index (κ2) is 8.17. The van der Waals surface area contributed by atoms with Crippen molar-refractivity contribution in [2.75, 3.05) is 47.6 Å². The fourth-order valence-electron chi connectivity index (χ4n) is 4.27. The van der Waals surface area contributed by atoms with Gasteiger partial charge in [0.05, 0.1) is 19.6 Å². The summed E-state index contributed by atoms with van der Waals surface area (Å²) in [7, 11) is 4.72. The maximum Gasteiger partial charge on any atom is 0.248 e. The Hall–Kier alpha value is -2.28. The van der Waals surface area contributed by atoms with Crippen molar-refractivity contribution in [3.8, 4) is 11.5 Å². The van der Waals surface area contributed by atoms with Crippen LogP contribution in [0.1, 0.15) is 24.8 Å². The number of carbonyl (C=O) groups excluding carboxylic acids is 2. The third kappa shape index (κ3) is 3.74. The van der Waals surface area contributed by atoms with Crippen LogP contribution in [-0.2, 0) is 20.9 Å². The Morgan fingerprint density at radius 1 is 1.15 bits per heavy atom. The summed E-state index contributed by atoms with van der Waals surface area (Å²) in [4.78, 5) is 29.1. The first-order valence-corrected chi connectivity index (χ1v) is 9.30. The number of para-hydroxylation sites is 1. The molecule has 0 saturated carbocycles. The van der Waals surface area contributed by atoms with E-state index in [1.807, 2.05) is 23.1 Å². The number of amides is 2. The predicted octanol–water partition coefficient (Wildman–Crippen LogP) is 1.69. The van der Waals surface area contributed by atoms with Gasteiger partial charge < -0.3 is 24.0 Å². The second-order valence-electron chi connectivity index (χ2n) is 7.26. The fourth-order valence-corrected chi connectivity index (χ4v) is 4.27. The van der Waals surface area contributed by atoms with Crippen LogP contribution in [0, 0.1) is 5.41 Å². The van der Waals surface area contributed by atoms with E-state index in [0.717, 1.165) is 18.4 Å². The van der Waals surface area contributed by atoms with Gasteiger partial charge in [0, 0.05) is 38.9 Å². The topological polar surface area (TPSA) is 68.3 Å². The molecule has 0 N–H and O–H groups in total. The first kappa shape index (κ1) is 19.5. The van der Waals surface area contributed by atoms with Gasteiger partial charge in [-0.15, -0.1) is 0 Å². The molecular formula is C20H28N2O5. The van der Waals surface area contributed by atoms with Crippen molar-refractivity contribution in [2.45, 2.75) is 25.8 Å². The van der Waals surface area contributed by atoms with Crippen molar-refractivity contribution in [1.82, 2.24) is 9.80 Å². The van der Waals surface area contributed by atoms with Crippen molar-refractivity contribution in [3.63, 3.8) is 0 Å². The van der Waals surface area contributed by atoms with E-state index in [2.05, 4.69) is 0 Å². The highest BCUT2D eigenvalue weighted by Gasteiger charge is 2.49. The van der Waals surface area contributed by atoms with Crippen molar-refractivity contribution in [1.29, 1.82) is 0 Å². The summed E-state index contributed by atoms with van der Waals surface area (Å²) < 4.78 is 15.8. The van der Waals surface area contributed by atoms with E-state index < -0.39 is 5.41 Å². The van der Waals surface area contributed by atoms with E-state index in [1.54, 1.807) is 19.1 Å². The van der Waals surface area contributed by atoms with Gasteiger partial charge in [0.15, 0.2) is 11.5 Å². The molecule has 1 unspecified atom stereocenters. The summed E-state index contributed by atoms with van der Waals surface area (Å²) >= 11 is 0. The van der Waals surface area contributed by atoms with Crippen LogP contribution in [0.3, 0.4) is 0 Å². The van der Waals surface area contributed by atoms with Crippen LogP contribution in [0.5, 0.6) is 11.5 Å². The van der Waals surface area contributed by atoms with Crippen LogP contribution in [-0.4, -0.2) is 69.2 Å². The van der Waals surface area contributed by atoms with Crippen LogP contribution < -0.4 is 9.47 Å². The smallest absolute Gasteiger partial charge is 0.248 e. The van der Waals surface area contributed by atoms with Gasteiger partial charge in [0.2, 0.25) is 11.8 Å². The van der Waals surface area contributed by atoms with Crippen LogP contribution in [0.2, 0.25) is 0 Å². The molecule has 2 aliphatic heterocycles. The quantitative estimate of drug-likeness (QED) is 0.756. The minimum absolute atomic E-state index is 0.0474. The maximum absolute atomic E-state index is 13.3. The van der Waals surface area contributed by atoms with E-state index in [1.165, 1.54) is 7.11 Å². The van der Waals surface area contributed by atoms with Gasteiger partial charge in [-0.25, -0.2) is 0 Å². The third-order valence-corrected chi connectivity index (χ3v) is 5.64. The molecule has 1 aromatic rings. The molecule has 2 heterocycles. The number of hydrogen-bond acceptors (Lipinski definition) is 5. The molecule has 2 amide bonds. The Morgan fingerprint density at radius 2 is 1.96 bits per heavy atom. The molecule has 0 aliphatic carbocycles. The van der Waals surface area contributed by atoms with Crippen LogP contribution in [0.4, 0.5) is 0 Å². The Morgan fingerprint density at radius 3 is 2.67 bits per heavy atom. The highest BCUT2D eigenvalue weighted by atomic mass is 16.5. The number of rotatable bonds is 6. The molecule has 3 rings (SSSR count). The molecular weight excluding hydrogens is 348 g/mol. The van der Waals surface area contributed by atoms with Crippen molar-refractivity contribution < 1.29 is 23.8 Å². The zero-order valence-electron chi connectivity index (χ0n) is 16.3. The number of piperidine rings is 1. The maximum atomic E-state index is 13.3. The average molecular weight is 376 g/mol. The lowest BCUT2D eigenvalue weighted by Gasteiger charge is -2.39. The fraction of sp³-hybridized carbons (Fsp3) is 0.600. The molecule has 0 radical (unpaired) electrons. The van der Waals surface area contributed by atoms with Gasteiger partial charge in [-0.1, -0.05) is 12.1 Å². The van der Waals surface area contributed by atoms with Crippen LogP contribution in [0.25, 0.3) is 0 Å². The van der Waals surface area contributed by atoms with E-state index in [9.17, 15) is 9.59 Å². The van der Waals surface area contributed by atoms with Gasteiger partial charge in [-0.3, -0.25) is 9.59 Å². The zero-order valence-corrected chi connectivity index (χ0v) is 16.3. The third-order valence-electron chi connectivity index (χ3n) is 5.64. The Balaban J connectivity index is 1.76. The van der Waals surface area contributed by atoms with Gasteiger partial charge in [-0.05, 0) is 25.3 Å². The number of carbonyl (C=O) groups is 2. The molecule has 0 aromatic heterocycles. The van der Waals surface area contributed by atoms with E-state index in [-0.39, 0.29) is 18.4 Å². The lowest BCUT2D eigenvalue weighted by molar-refractivity contribution is -0.147. The number of ether oxygens (including phenoxy) is 3. The van der Waals surface area contributed by atoms with Gasteiger partial charge in [0.25, 0.3) is 0 Å². The van der Waals surface area contributed by atoms with Crippen molar-refractivity contribution in [2.24, 2.45) is 5.41 Å². The molecule has 0 bridgehead atoms. The molecule has 2 fully saturated rings. The number of hydrogen-bond donors (Lipinski definition) is 0. The molecule has 1 spiro atoms. The van der Waals surface area contributed by atoms with Crippen LogP contribution in [0.15, 0.2) is 18.2 Å². The number of methoxy groups -OCH3 is 3. The van der Waals surface area contributed by atoms with Gasteiger partial charge in [-0.2, -0.15) is 0 Å². The predicted molar refractivity (Wildman–Crippen MR) is 99.7 cm³/mol. The molecule has 27 heavy (non-hydrogen) atoms. The number of nitrogens with zero attached hydrogens (tertiary/aromatic N) is 2. The summed E-state index contributed by atoms with van der Waals surface area (Å²) in [6.07, 6.45) is 2.48. The lowest BCUT2D eigenvalue weighted by atomic mass is 9.78. The zero-order chi connectivity index (χ0) is 19.4. The summed E-state index contributed by atoms with van der Waals surface area (Å²) in [6.45, 7) is 2.36. The monoisotopic (exact) mass is 376 g/mol. The Kier molecular flexibility index (Phi) is 5.89. The first-order valence-electron chi connectivity index (χ1n) is 9.30. The summed E-state index contributed by atoms with van der Waals surface area (Å²) in [5, 5.41) is 0. The Labute approximate surface area is 160 Å². The summed E-state index contributed by atoms with van der Waals surface area (Å²) in [6, 6.07) is 5.71. The Bertz CT molecular complexity index is 708. The number of likely N-dealkylation sites (tertiary alicyclic amines) is 2. The molecule has 1 atom stereocenters. The summed E-state index contributed by atoms with van der Waals surface area (Å²) in [5.41, 5.74) is 0.459. The highest BCUT2D eigenvalue weighted by Crippen LogP contribution is 2.41. The molecule has 148 valence electrons. The van der Waals surface area contributed by atoms with E-state index >= 15 is 0 Å². The molecule has 2 aliphatic rings. The minimum atomic E-state index is -0.465. The van der Waals surface area contributed by atoms with Gasteiger partial charge in [0.1, 0.15) is 6.61 Å². The van der Waals surface area contributed by atoms with Crippen molar-refractivity contribution in [3.05, 3.63) is 23.8 Å². The lowest BCUT2D eigenvalue weighted by Crippen LogP contribution is -2.50. The SMILES string of the molecule is COCC(=O)N1CCC2(CCCN(Cc3cccc(OC)c3OC)C2=O)C1. The summed E-state index contributed by atoms with van der Waals surface area (Å²) in [5.74, 6) is 1.40. The largest absolute Gasteiger partial charge is 0.493 e. The molecule has 7 heteroatoms. The van der Waals surface area contributed by atoms with E-state index in [4.69, 9.17) is 14.2 Å². The first-order chi connectivity index (χ1) is 13.0. The highest BCUT2D eigenvalue weighted by molar-refractivity contribution is 5.86. The normalized spacial score (nSPS) is 22.4. The van der Waals surface area contributed by atoms with Crippen molar-refractivity contribution >= 4 is 11.8 Å². The number of benzene rings is 1. The standard InChI is InChI=1S/C20H28N2O5/c1-25-13-17(23)22-11-9-20(14-22)8-5-10-21(19(20)24)12-15-6-4-7-16(26-2)18(15)27-3/h4,6-7H,5,8-14H2,1-3H3.